The van der Waals surface area contributed by atoms with Crippen LogP contribution >= 0.6 is 0 Å². The zero-order valence-electron chi connectivity index (χ0n) is 18.6. The molecule has 0 radical (unpaired) electrons. The zero-order chi connectivity index (χ0) is 24.2. The van der Waals surface area contributed by atoms with Crippen LogP contribution in [0.25, 0.3) is 11.0 Å². The Labute approximate surface area is 200 Å². The van der Waals surface area contributed by atoms with E-state index in [4.69, 9.17) is 4.74 Å². The Balaban J connectivity index is 1.30. The molecule has 0 aliphatic carbocycles. The van der Waals surface area contributed by atoms with E-state index in [1.807, 2.05) is 0 Å². The number of amides is 2. The molecule has 176 valence electrons. The van der Waals surface area contributed by atoms with Crippen LogP contribution in [0.1, 0.15) is 27.7 Å². The first-order valence-electron chi connectivity index (χ1n) is 11.1. The van der Waals surface area contributed by atoms with E-state index in [2.05, 4.69) is 25.9 Å². The van der Waals surface area contributed by atoms with E-state index in [0.29, 0.717) is 46.7 Å². The molecule has 1 atom stereocenters. The lowest BCUT2D eigenvalue weighted by atomic mass is 10.0. The van der Waals surface area contributed by atoms with Crippen molar-refractivity contribution in [1.29, 1.82) is 0 Å². The zero-order valence-corrected chi connectivity index (χ0v) is 18.6. The third kappa shape index (κ3) is 5.32. The largest absolute Gasteiger partial charge is 0.378 e. The predicted octanol–water partition coefficient (Wildman–Crippen LogP) is 4.30. The van der Waals surface area contributed by atoms with Crippen molar-refractivity contribution >= 4 is 34.2 Å². The van der Waals surface area contributed by atoms with Gasteiger partial charge in [-0.1, -0.05) is 18.2 Å². The molecule has 5 rings (SSSR count). The maximum Gasteiger partial charge on any atom is 0.323 e. The van der Waals surface area contributed by atoms with Crippen LogP contribution in [-0.2, 0) is 4.74 Å². The molecule has 9 heteroatoms. The molecule has 0 bridgehead atoms. The van der Waals surface area contributed by atoms with Gasteiger partial charge in [-0.3, -0.25) is 9.78 Å². The maximum atomic E-state index is 13.3. The number of hydrogen-bond acceptors (Lipinski definition) is 6. The highest BCUT2D eigenvalue weighted by atomic mass is 19.1. The van der Waals surface area contributed by atoms with Crippen LogP contribution < -0.4 is 16.0 Å². The number of fused-ring (bicyclic) bond motifs is 1. The number of carbonyl (C=O) groups is 2. The molecule has 1 aliphatic heterocycles. The summed E-state index contributed by atoms with van der Waals surface area (Å²) >= 11 is 0. The Kier molecular flexibility index (Phi) is 6.42. The van der Waals surface area contributed by atoms with Crippen LogP contribution in [0.3, 0.4) is 0 Å². The summed E-state index contributed by atoms with van der Waals surface area (Å²) in [5, 5.41) is 8.57. The third-order valence-electron chi connectivity index (χ3n) is 5.57. The second kappa shape index (κ2) is 9.96. The number of rotatable bonds is 5. The van der Waals surface area contributed by atoms with E-state index in [1.54, 1.807) is 54.7 Å². The van der Waals surface area contributed by atoms with Crippen LogP contribution in [0, 0.1) is 5.82 Å². The molecule has 2 amide bonds. The standard InChI is InChI=1S/C26H22FN5O3/c27-18-4-2-6-20(13-18)31-26(34)30-19-5-1-3-16(11-19)25(33)17-7-8-21-22(12-17)29-14-23(32-21)24-15-35-10-9-28-24/h1-8,11-14,24,28H,9-10,15H2,(H2,30,31,34). The highest BCUT2D eigenvalue weighted by molar-refractivity contribution is 6.11. The van der Waals surface area contributed by atoms with Crippen LogP contribution in [0.5, 0.6) is 0 Å². The van der Waals surface area contributed by atoms with E-state index in [9.17, 15) is 14.0 Å². The molecule has 1 aromatic heterocycles. The van der Waals surface area contributed by atoms with Gasteiger partial charge in [-0.2, -0.15) is 0 Å². The third-order valence-corrected chi connectivity index (χ3v) is 5.57. The number of ether oxygens (including phenoxy) is 1. The Morgan fingerprint density at radius 1 is 0.943 bits per heavy atom. The van der Waals surface area contributed by atoms with E-state index < -0.39 is 11.8 Å². The summed E-state index contributed by atoms with van der Waals surface area (Å²) in [6.45, 7) is 1.98. The highest BCUT2D eigenvalue weighted by Gasteiger charge is 2.18. The van der Waals surface area contributed by atoms with Crippen molar-refractivity contribution in [2.24, 2.45) is 0 Å². The molecule has 0 spiro atoms. The summed E-state index contributed by atoms with van der Waals surface area (Å²) in [5.74, 6) is -0.666. The molecule has 1 saturated heterocycles. The monoisotopic (exact) mass is 471 g/mol. The van der Waals surface area contributed by atoms with Crippen molar-refractivity contribution in [3.8, 4) is 0 Å². The summed E-state index contributed by atoms with van der Waals surface area (Å²) in [4.78, 5) is 34.6. The molecule has 3 N–H and O–H groups in total. The molecule has 0 saturated carbocycles. The number of aromatic nitrogens is 2. The Bertz CT molecular complexity index is 1400. The van der Waals surface area contributed by atoms with E-state index in [0.717, 1.165) is 12.2 Å². The fraction of sp³-hybridized carbons (Fsp3) is 0.154. The number of urea groups is 1. The number of nitrogens with one attached hydrogen (secondary N) is 3. The molecular formula is C26H22FN5O3. The first kappa shape index (κ1) is 22.6. The Morgan fingerprint density at radius 2 is 1.71 bits per heavy atom. The molecule has 2 heterocycles. The predicted molar refractivity (Wildman–Crippen MR) is 130 cm³/mol. The van der Waals surface area contributed by atoms with Crippen LogP contribution in [0.2, 0.25) is 0 Å². The quantitative estimate of drug-likeness (QED) is 0.375. The number of carbonyl (C=O) groups excluding carboxylic acids is 2. The lowest BCUT2D eigenvalue weighted by Gasteiger charge is -2.23. The van der Waals surface area contributed by atoms with Gasteiger partial charge in [-0.15, -0.1) is 0 Å². The van der Waals surface area contributed by atoms with Gasteiger partial charge in [0.25, 0.3) is 0 Å². The van der Waals surface area contributed by atoms with Gasteiger partial charge in [-0.05, 0) is 48.5 Å². The lowest BCUT2D eigenvalue weighted by molar-refractivity contribution is 0.0756. The van der Waals surface area contributed by atoms with Crippen molar-refractivity contribution in [3.05, 3.63) is 95.6 Å². The minimum Gasteiger partial charge on any atom is -0.378 e. The molecule has 1 unspecified atom stereocenters. The Morgan fingerprint density at radius 3 is 2.49 bits per heavy atom. The molecule has 4 aromatic rings. The average Bonchev–Trinajstić information content (AvgIpc) is 2.88. The number of halogens is 1. The van der Waals surface area contributed by atoms with Gasteiger partial charge in [0.2, 0.25) is 0 Å². The second-order valence-electron chi connectivity index (χ2n) is 8.08. The average molecular weight is 471 g/mol. The number of nitrogens with zero attached hydrogens (tertiary/aromatic N) is 2. The second-order valence-corrected chi connectivity index (χ2v) is 8.08. The van der Waals surface area contributed by atoms with Gasteiger partial charge < -0.3 is 20.7 Å². The topological polar surface area (TPSA) is 105 Å². The van der Waals surface area contributed by atoms with Crippen LogP contribution in [0.4, 0.5) is 20.6 Å². The lowest BCUT2D eigenvalue weighted by Crippen LogP contribution is -2.35. The van der Waals surface area contributed by atoms with E-state index in [1.165, 1.54) is 18.2 Å². The van der Waals surface area contributed by atoms with Gasteiger partial charge >= 0.3 is 6.03 Å². The summed E-state index contributed by atoms with van der Waals surface area (Å²) in [6.07, 6.45) is 1.70. The fourth-order valence-corrected chi connectivity index (χ4v) is 3.85. The van der Waals surface area contributed by atoms with Crippen molar-refractivity contribution in [1.82, 2.24) is 15.3 Å². The van der Waals surface area contributed by atoms with Gasteiger partial charge in [0.15, 0.2) is 5.78 Å². The number of hydrogen-bond donors (Lipinski definition) is 3. The van der Waals surface area contributed by atoms with Crippen LogP contribution in [-0.4, -0.2) is 41.5 Å². The first-order valence-corrected chi connectivity index (χ1v) is 11.1. The van der Waals surface area contributed by atoms with Crippen molar-refractivity contribution in [3.63, 3.8) is 0 Å². The SMILES string of the molecule is O=C(Nc1cccc(F)c1)Nc1cccc(C(=O)c2ccc3nc(C4COCCN4)cnc3c2)c1. The number of anilines is 2. The minimum absolute atomic E-state index is 0.00434. The van der Waals surface area contributed by atoms with E-state index >= 15 is 0 Å². The molecule has 1 fully saturated rings. The van der Waals surface area contributed by atoms with Gasteiger partial charge in [0, 0.05) is 29.0 Å². The van der Waals surface area contributed by atoms with E-state index in [-0.39, 0.29) is 11.8 Å². The highest BCUT2D eigenvalue weighted by Crippen LogP contribution is 2.21. The fourth-order valence-electron chi connectivity index (χ4n) is 3.85. The molecular weight excluding hydrogens is 449 g/mol. The minimum atomic E-state index is -0.546. The molecule has 3 aromatic carbocycles. The Hall–Kier alpha value is -4.21. The van der Waals surface area contributed by atoms with Gasteiger partial charge in [0.05, 0.1) is 42.2 Å². The summed E-state index contributed by atoms with van der Waals surface area (Å²) in [5.41, 5.74) is 3.71. The number of benzene rings is 3. The van der Waals surface area contributed by atoms with Gasteiger partial charge in [-0.25, -0.2) is 14.2 Å². The number of morpholine rings is 1. The summed E-state index contributed by atoms with van der Waals surface area (Å²) < 4.78 is 18.8. The van der Waals surface area contributed by atoms with Crippen molar-refractivity contribution in [2.75, 3.05) is 30.4 Å². The van der Waals surface area contributed by atoms with Crippen molar-refractivity contribution < 1.29 is 18.7 Å². The van der Waals surface area contributed by atoms with Crippen LogP contribution in [0.15, 0.2) is 72.9 Å². The smallest absolute Gasteiger partial charge is 0.323 e. The number of ketones is 1. The van der Waals surface area contributed by atoms with Crippen molar-refractivity contribution in [2.45, 2.75) is 6.04 Å². The maximum absolute atomic E-state index is 13.3. The molecule has 35 heavy (non-hydrogen) atoms. The summed E-state index contributed by atoms with van der Waals surface area (Å²) in [7, 11) is 0. The molecule has 1 aliphatic rings. The molecule has 8 nitrogen and oxygen atoms in total. The summed E-state index contributed by atoms with van der Waals surface area (Å²) in [6, 6.07) is 16.8. The first-order chi connectivity index (χ1) is 17.0. The normalized spacial score (nSPS) is 15.5. The van der Waals surface area contributed by atoms with Gasteiger partial charge in [0.1, 0.15) is 5.82 Å².